The zero-order valence-electron chi connectivity index (χ0n) is 11.8. The number of carboxylic acid groups (broad SMARTS) is 1. The number of hydrogen-bond acceptors (Lipinski definition) is 5. The molecule has 0 bridgehead atoms. The predicted octanol–water partition coefficient (Wildman–Crippen LogP) is 1.52. The SMILES string of the molecule is Cc1cnnc(N2CCCC(n3ccc(C(=O)O)n3)C2)c1. The lowest BCUT2D eigenvalue weighted by Gasteiger charge is -2.33. The first-order chi connectivity index (χ1) is 10.1. The average molecular weight is 287 g/mol. The molecular weight excluding hydrogens is 270 g/mol. The lowest BCUT2D eigenvalue weighted by Crippen LogP contribution is -2.37. The second-order valence-corrected chi connectivity index (χ2v) is 5.32. The lowest BCUT2D eigenvalue weighted by molar-refractivity contribution is 0.0689. The summed E-state index contributed by atoms with van der Waals surface area (Å²) in [5.41, 5.74) is 1.16. The molecule has 0 saturated carbocycles. The molecule has 1 unspecified atom stereocenters. The van der Waals surface area contributed by atoms with Gasteiger partial charge >= 0.3 is 5.97 Å². The number of hydrogen-bond donors (Lipinski definition) is 1. The van der Waals surface area contributed by atoms with E-state index in [1.807, 2.05) is 13.0 Å². The zero-order chi connectivity index (χ0) is 14.8. The number of aromatic carboxylic acids is 1. The Morgan fingerprint density at radius 3 is 3.05 bits per heavy atom. The van der Waals surface area contributed by atoms with Crippen molar-refractivity contribution in [2.45, 2.75) is 25.8 Å². The largest absolute Gasteiger partial charge is 0.476 e. The van der Waals surface area contributed by atoms with Gasteiger partial charge in [0, 0.05) is 19.3 Å². The highest BCUT2D eigenvalue weighted by atomic mass is 16.4. The van der Waals surface area contributed by atoms with Crippen molar-refractivity contribution < 1.29 is 9.90 Å². The van der Waals surface area contributed by atoms with Crippen LogP contribution < -0.4 is 4.90 Å². The van der Waals surface area contributed by atoms with Gasteiger partial charge in [0.25, 0.3) is 0 Å². The van der Waals surface area contributed by atoms with E-state index in [9.17, 15) is 4.79 Å². The zero-order valence-corrected chi connectivity index (χ0v) is 11.8. The number of piperidine rings is 1. The number of nitrogens with zero attached hydrogens (tertiary/aromatic N) is 5. The molecule has 1 N–H and O–H groups in total. The molecule has 2 aromatic rings. The van der Waals surface area contributed by atoms with Gasteiger partial charge in [-0.1, -0.05) is 0 Å². The van der Waals surface area contributed by atoms with Crippen LogP contribution in [-0.4, -0.2) is 44.1 Å². The lowest BCUT2D eigenvalue weighted by atomic mass is 10.1. The molecule has 3 heterocycles. The summed E-state index contributed by atoms with van der Waals surface area (Å²) in [5.74, 6) is -0.128. The molecule has 110 valence electrons. The van der Waals surface area contributed by atoms with Crippen LogP contribution in [0.1, 0.15) is 34.9 Å². The van der Waals surface area contributed by atoms with Crippen LogP contribution in [0.25, 0.3) is 0 Å². The summed E-state index contributed by atoms with van der Waals surface area (Å²) in [6.07, 6.45) is 5.47. The molecule has 21 heavy (non-hydrogen) atoms. The second kappa shape index (κ2) is 5.51. The van der Waals surface area contributed by atoms with E-state index in [-0.39, 0.29) is 11.7 Å². The summed E-state index contributed by atoms with van der Waals surface area (Å²) in [6.45, 7) is 3.69. The Labute approximate surface area is 122 Å². The normalized spacial score (nSPS) is 18.7. The van der Waals surface area contributed by atoms with Crippen LogP contribution in [0.15, 0.2) is 24.5 Å². The van der Waals surface area contributed by atoms with E-state index < -0.39 is 5.97 Å². The van der Waals surface area contributed by atoms with Gasteiger partial charge in [-0.15, -0.1) is 5.10 Å². The summed E-state index contributed by atoms with van der Waals surface area (Å²) >= 11 is 0. The maximum atomic E-state index is 10.9. The van der Waals surface area contributed by atoms with Crippen LogP contribution in [0.2, 0.25) is 0 Å². The van der Waals surface area contributed by atoms with Crippen LogP contribution in [0, 0.1) is 6.92 Å². The topological polar surface area (TPSA) is 84.1 Å². The Morgan fingerprint density at radius 1 is 1.48 bits per heavy atom. The first-order valence-corrected chi connectivity index (χ1v) is 6.96. The monoisotopic (exact) mass is 287 g/mol. The Kier molecular flexibility index (Phi) is 3.55. The van der Waals surface area contributed by atoms with Crippen molar-refractivity contribution in [2.75, 3.05) is 18.0 Å². The third-order valence-electron chi connectivity index (χ3n) is 3.70. The smallest absolute Gasteiger partial charge is 0.356 e. The van der Waals surface area contributed by atoms with Crippen molar-refractivity contribution in [3.8, 4) is 0 Å². The fourth-order valence-corrected chi connectivity index (χ4v) is 2.64. The summed E-state index contributed by atoms with van der Waals surface area (Å²) in [4.78, 5) is 13.1. The number of rotatable bonds is 3. The summed E-state index contributed by atoms with van der Waals surface area (Å²) in [7, 11) is 0. The maximum Gasteiger partial charge on any atom is 0.356 e. The van der Waals surface area contributed by atoms with E-state index in [1.165, 1.54) is 6.07 Å². The molecule has 7 nitrogen and oxygen atoms in total. The number of aromatic nitrogens is 4. The maximum absolute atomic E-state index is 10.9. The molecule has 1 atom stereocenters. The third kappa shape index (κ3) is 2.86. The molecule has 0 spiro atoms. The molecular formula is C14H17N5O2. The van der Waals surface area contributed by atoms with Crippen molar-refractivity contribution in [3.63, 3.8) is 0 Å². The fourth-order valence-electron chi connectivity index (χ4n) is 2.64. The van der Waals surface area contributed by atoms with E-state index in [0.29, 0.717) is 0 Å². The minimum atomic E-state index is -0.994. The Hall–Kier alpha value is -2.44. The van der Waals surface area contributed by atoms with Crippen molar-refractivity contribution in [1.29, 1.82) is 0 Å². The minimum Gasteiger partial charge on any atom is -0.476 e. The summed E-state index contributed by atoms with van der Waals surface area (Å²) in [6, 6.07) is 3.71. The van der Waals surface area contributed by atoms with Crippen molar-refractivity contribution in [1.82, 2.24) is 20.0 Å². The van der Waals surface area contributed by atoms with Gasteiger partial charge in [-0.25, -0.2) is 4.79 Å². The number of aryl methyl sites for hydroxylation is 1. The first-order valence-electron chi connectivity index (χ1n) is 6.96. The number of carboxylic acids is 1. The standard InChI is InChI=1S/C14H17N5O2/c1-10-7-13(16-15-8-10)18-5-2-3-11(9-18)19-6-4-12(17-19)14(20)21/h4,6-8,11H,2-3,5,9H2,1H3,(H,20,21). The molecule has 1 aliphatic rings. The van der Waals surface area contributed by atoms with Crippen LogP contribution in [-0.2, 0) is 0 Å². The van der Waals surface area contributed by atoms with E-state index in [2.05, 4.69) is 20.2 Å². The van der Waals surface area contributed by atoms with Crippen molar-refractivity contribution in [2.24, 2.45) is 0 Å². The molecule has 1 aliphatic heterocycles. The molecule has 7 heteroatoms. The van der Waals surface area contributed by atoms with Gasteiger partial charge in [0.1, 0.15) is 0 Å². The molecule has 0 radical (unpaired) electrons. The van der Waals surface area contributed by atoms with E-state index in [1.54, 1.807) is 17.1 Å². The Morgan fingerprint density at radius 2 is 2.33 bits per heavy atom. The van der Waals surface area contributed by atoms with Gasteiger partial charge in [0.15, 0.2) is 11.5 Å². The predicted molar refractivity (Wildman–Crippen MR) is 76.4 cm³/mol. The van der Waals surface area contributed by atoms with Crippen molar-refractivity contribution >= 4 is 11.8 Å². The van der Waals surface area contributed by atoms with E-state index in [0.717, 1.165) is 37.3 Å². The molecule has 3 rings (SSSR count). The summed E-state index contributed by atoms with van der Waals surface area (Å²) < 4.78 is 1.75. The molecule has 0 aromatic carbocycles. The van der Waals surface area contributed by atoms with Crippen LogP contribution in [0.4, 0.5) is 5.82 Å². The van der Waals surface area contributed by atoms with Crippen LogP contribution in [0.3, 0.4) is 0 Å². The van der Waals surface area contributed by atoms with Gasteiger partial charge in [0.2, 0.25) is 0 Å². The van der Waals surface area contributed by atoms with Gasteiger partial charge in [-0.05, 0) is 37.5 Å². The van der Waals surface area contributed by atoms with E-state index >= 15 is 0 Å². The third-order valence-corrected chi connectivity index (χ3v) is 3.70. The average Bonchev–Trinajstić information content (AvgIpc) is 2.97. The Balaban J connectivity index is 1.77. The minimum absolute atomic E-state index is 0.0856. The van der Waals surface area contributed by atoms with Gasteiger partial charge in [0.05, 0.1) is 12.2 Å². The highest BCUT2D eigenvalue weighted by Gasteiger charge is 2.23. The molecule has 1 fully saturated rings. The highest BCUT2D eigenvalue weighted by molar-refractivity contribution is 5.85. The van der Waals surface area contributed by atoms with Gasteiger partial charge in [-0.2, -0.15) is 10.2 Å². The molecule has 1 saturated heterocycles. The highest BCUT2D eigenvalue weighted by Crippen LogP contribution is 2.24. The first kappa shape index (κ1) is 13.5. The molecule has 0 amide bonds. The molecule has 2 aromatic heterocycles. The van der Waals surface area contributed by atoms with Crippen molar-refractivity contribution in [3.05, 3.63) is 35.8 Å². The van der Waals surface area contributed by atoms with Gasteiger partial charge < -0.3 is 10.0 Å². The number of carbonyl (C=O) groups is 1. The Bertz CT molecular complexity index is 654. The van der Waals surface area contributed by atoms with E-state index in [4.69, 9.17) is 5.11 Å². The molecule has 0 aliphatic carbocycles. The van der Waals surface area contributed by atoms with Gasteiger partial charge in [-0.3, -0.25) is 4.68 Å². The fraction of sp³-hybridized carbons (Fsp3) is 0.429. The quantitative estimate of drug-likeness (QED) is 0.921. The number of anilines is 1. The summed E-state index contributed by atoms with van der Waals surface area (Å²) in [5, 5.41) is 21.3. The van der Waals surface area contributed by atoms with Crippen LogP contribution in [0.5, 0.6) is 0 Å². The second-order valence-electron chi connectivity index (χ2n) is 5.32. The van der Waals surface area contributed by atoms with Crippen LogP contribution >= 0.6 is 0 Å².